The highest BCUT2D eigenvalue weighted by Gasteiger charge is 2.32. The van der Waals surface area contributed by atoms with E-state index in [2.05, 4.69) is 22.0 Å². The molecule has 0 N–H and O–H groups in total. The first-order valence-electron chi connectivity index (χ1n) is 9.20. The van der Waals surface area contributed by atoms with Crippen LogP contribution in [0.25, 0.3) is 0 Å². The monoisotopic (exact) mass is 324 g/mol. The molecule has 0 spiro atoms. The molecule has 0 bridgehead atoms. The van der Waals surface area contributed by atoms with Gasteiger partial charge < -0.3 is 4.90 Å². The van der Waals surface area contributed by atoms with Crippen LogP contribution in [0.15, 0.2) is 42.6 Å². The van der Waals surface area contributed by atoms with E-state index < -0.39 is 0 Å². The summed E-state index contributed by atoms with van der Waals surface area (Å²) in [5.41, 5.74) is 4.08. The molecular weight excluding hydrogens is 299 g/mol. The van der Waals surface area contributed by atoms with Gasteiger partial charge in [-0.2, -0.15) is 0 Å². The number of nitrogens with zero attached hydrogens (tertiary/aromatic N) is 2. The minimum absolute atomic E-state index is 0.148. The Kier molecular flexibility index (Phi) is 4.61. The first-order valence-corrected chi connectivity index (χ1v) is 9.20. The van der Waals surface area contributed by atoms with Crippen LogP contribution in [0.1, 0.15) is 42.0 Å². The maximum absolute atomic E-state index is 13.0. The molecule has 24 heavy (non-hydrogen) atoms. The van der Waals surface area contributed by atoms with Crippen molar-refractivity contribution in [2.45, 2.75) is 38.0 Å². The van der Waals surface area contributed by atoms with Crippen LogP contribution >= 0.6 is 0 Å². The molecule has 3 heteroatoms. The number of fused-ring (bicyclic) bond motifs is 1. The van der Waals surface area contributed by atoms with Gasteiger partial charge in [0.1, 0.15) is 5.82 Å². The minimum Gasteiger partial charge on any atom is -0.303 e. The van der Waals surface area contributed by atoms with Crippen LogP contribution in [0, 0.1) is 11.7 Å². The number of rotatable bonds is 4. The normalized spacial score (nSPS) is 21.8. The zero-order valence-corrected chi connectivity index (χ0v) is 14.1. The maximum Gasteiger partial charge on any atom is 0.123 e. The van der Waals surface area contributed by atoms with E-state index >= 15 is 0 Å². The van der Waals surface area contributed by atoms with Gasteiger partial charge in [0.15, 0.2) is 0 Å². The zero-order chi connectivity index (χ0) is 16.4. The van der Waals surface area contributed by atoms with Crippen molar-refractivity contribution in [3.63, 3.8) is 0 Å². The molecule has 126 valence electrons. The van der Waals surface area contributed by atoms with Crippen LogP contribution in [0.5, 0.6) is 0 Å². The van der Waals surface area contributed by atoms with Gasteiger partial charge in [-0.25, -0.2) is 4.39 Å². The Morgan fingerprint density at radius 2 is 1.83 bits per heavy atom. The predicted octanol–water partition coefficient (Wildman–Crippen LogP) is 4.21. The summed E-state index contributed by atoms with van der Waals surface area (Å²) in [6, 6.07) is 11.3. The summed E-state index contributed by atoms with van der Waals surface area (Å²) in [4.78, 5) is 7.24. The minimum atomic E-state index is -0.148. The lowest BCUT2D eigenvalue weighted by atomic mass is 9.82. The highest BCUT2D eigenvalue weighted by Crippen LogP contribution is 2.41. The third-order valence-corrected chi connectivity index (χ3v) is 5.83. The number of hydrogen-bond donors (Lipinski definition) is 0. The van der Waals surface area contributed by atoms with Gasteiger partial charge in [-0.05, 0) is 80.4 Å². The van der Waals surface area contributed by atoms with Crippen molar-refractivity contribution < 1.29 is 4.39 Å². The number of hydrogen-bond acceptors (Lipinski definition) is 2. The van der Waals surface area contributed by atoms with Gasteiger partial charge in [0.25, 0.3) is 0 Å². The molecule has 1 aliphatic carbocycles. The Morgan fingerprint density at radius 1 is 1.04 bits per heavy atom. The van der Waals surface area contributed by atoms with Gasteiger partial charge in [0.2, 0.25) is 0 Å². The molecule has 2 aromatic rings. The summed E-state index contributed by atoms with van der Waals surface area (Å²) < 4.78 is 13.0. The van der Waals surface area contributed by atoms with Gasteiger partial charge in [-0.1, -0.05) is 18.2 Å². The van der Waals surface area contributed by atoms with Crippen LogP contribution in [0.3, 0.4) is 0 Å². The second-order valence-electron chi connectivity index (χ2n) is 7.25. The van der Waals surface area contributed by atoms with Crippen LogP contribution in [0.4, 0.5) is 4.39 Å². The highest BCUT2D eigenvalue weighted by molar-refractivity contribution is 5.29. The molecular formula is C21H25FN2. The van der Waals surface area contributed by atoms with Crippen LogP contribution in [0.2, 0.25) is 0 Å². The Balaban J connectivity index is 1.29. The van der Waals surface area contributed by atoms with Crippen molar-refractivity contribution in [3.8, 4) is 0 Å². The van der Waals surface area contributed by atoms with Crippen LogP contribution in [-0.2, 0) is 12.8 Å². The third-order valence-electron chi connectivity index (χ3n) is 5.83. The summed E-state index contributed by atoms with van der Waals surface area (Å²) >= 11 is 0. The lowest BCUT2D eigenvalue weighted by molar-refractivity contribution is 0.168. The molecule has 1 aromatic carbocycles. The number of pyridine rings is 1. The quantitative estimate of drug-likeness (QED) is 0.838. The second-order valence-corrected chi connectivity index (χ2v) is 7.25. The van der Waals surface area contributed by atoms with Gasteiger partial charge >= 0.3 is 0 Å². The predicted molar refractivity (Wildman–Crippen MR) is 94.6 cm³/mol. The summed E-state index contributed by atoms with van der Waals surface area (Å²) in [5.74, 6) is 1.33. The second kappa shape index (κ2) is 7.02. The Bertz CT molecular complexity index is 674. The fourth-order valence-electron chi connectivity index (χ4n) is 4.42. The van der Waals surface area contributed by atoms with Crippen LogP contribution < -0.4 is 0 Å². The summed E-state index contributed by atoms with van der Waals surface area (Å²) in [6.45, 7) is 3.45. The molecule has 0 radical (unpaired) electrons. The van der Waals surface area contributed by atoms with E-state index in [1.807, 2.05) is 18.3 Å². The molecule has 2 nitrogen and oxygen atoms in total. The molecule has 1 atom stereocenters. The van der Waals surface area contributed by atoms with E-state index in [0.717, 1.165) is 18.9 Å². The van der Waals surface area contributed by atoms with Crippen molar-refractivity contribution in [1.29, 1.82) is 0 Å². The molecule has 0 saturated carbocycles. The van der Waals surface area contributed by atoms with Gasteiger partial charge in [0, 0.05) is 24.4 Å². The fourth-order valence-corrected chi connectivity index (χ4v) is 4.42. The third kappa shape index (κ3) is 3.36. The molecule has 1 aliphatic heterocycles. The van der Waals surface area contributed by atoms with Gasteiger partial charge in [0.05, 0.1) is 0 Å². The number of benzene rings is 1. The van der Waals surface area contributed by atoms with Crippen molar-refractivity contribution in [3.05, 3.63) is 65.2 Å². The summed E-state index contributed by atoms with van der Waals surface area (Å²) in [7, 11) is 0. The van der Waals surface area contributed by atoms with E-state index in [1.165, 1.54) is 55.6 Å². The average molecular weight is 324 g/mol. The Labute approximate surface area is 143 Å². The smallest absolute Gasteiger partial charge is 0.123 e. The van der Waals surface area contributed by atoms with Crippen molar-refractivity contribution in [2.24, 2.45) is 5.92 Å². The molecule has 1 saturated heterocycles. The van der Waals surface area contributed by atoms with Gasteiger partial charge in [-0.3, -0.25) is 4.98 Å². The molecule has 2 heterocycles. The summed E-state index contributed by atoms with van der Waals surface area (Å²) in [6.07, 6.45) is 8.02. The van der Waals surface area contributed by atoms with E-state index in [1.54, 1.807) is 12.1 Å². The molecule has 1 unspecified atom stereocenters. The Morgan fingerprint density at radius 3 is 2.62 bits per heavy atom. The van der Waals surface area contributed by atoms with E-state index in [-0.39, 0.29) is 5.82 Å². The molecule has 2 aliphatic rings. The van der Waals surface area contributed by atoms with E-state index in [4.69, 9.17) is 0 Å². The molecule has 4 rings (SSSR count). The van der Waals surface area contributed by atoms with E-state index in [9.17, 15) is 4.39 Å². The molecule has 0 amide bonds. The van der Waals surface area contributed by atoms with Crippen molar-refractivity contribution in [1.82, 2.24) is 9.88 Å². The average Bonchev–Trinajstić information content (AvgIpc) is 3.06. The van der Waals surface area contributed by atoms with Crippen LogP contribution in [-0.4, -0.2) is 29.5 Å². The lowest BCUT2D eigenvalue weighted by Crippen LogP contribution is -2.36. The maximum atomic E-state index is 13.0. The summed E-state index contributed by atoms with van der Waals surface area (Å²) in [5, 5.41) is 0. The number of aryl methyl sites for hydroxylation is 1. The molecule has 1 fully saturated rings. The highest BCUT2D eigenvalue weighted by atomic mass is 19.1. The number of aromatic nitrogens is 1. The van der Waals surface area contributed by atoms with Crippen molar-refractivity contribution >= 4 is 0 Å². The number of likely N-dealkylation sites (tertiary alicyclic amines) is 1. The fraction of sp³-hybridized carbons (Fsp3) is 0.476. The van der Waals surface area contributed by atoms with Gasteiger partial charge in [-0.15, -0.1) is 0 Å². The largest absolute Gasteiger partial charge is 0.303 e. The number of piperidine rings is 1. The SMILES string of the molecule is Fc1ccc(CCN2CCC(C3CCc4cccnc43)CC2)cc1. The Hall–Kier alpha value is -1.74. The van der Waals surface area contributed by atoms with E-state index in [0.29, 0.717) is 5.92 Å². The topological polar surface area (TPSA) is 16.1 Å². The first-order chi connectivity index (χ1) is 11.8. The molecule has 1 aromatic heterocycles. The lowest BCUT2D eigenvalue weighted by Gasteiger charge is -2.34. The number of halogens is 1. The first kappa shape index (κ1) is 15.8. The zero-order valence-electron chi connectivity index (χ0n) is 14.1. The van der Waals surface area contributed by atoms with Crippen molar-refractivity contribution in [2.75, 3.05) is 19.6 Å². The standard InChI is InChI=1S/C21H25FN2/c22-19-6-3-16(4-7-19)9-13-24-14-10-17(11-15-24)20-8-5-18-2-1-12-23-21(18)20/h1-4,6-7,12,17,20H,5,8-11,13-15H2.